The molecule has 0 N–H and O–H groups in total. The molecule has 7 heteroatoms. The van der Waals surface area contributed by atoms with Crippen LogP contribution in [0.1, 0.15) is 219 Å². The van der Waals surface area contributed by atoms with Gasteiger partial charge in [-0.2, -0.15) is 0 Å². The van der Waals surface area contributed by atoms with E-state index >= 15 is 0 Å². The number of ether oxygens (including phenoxy) is 2. The maximum absolute atomic E-state index is 12.4. The van der Waals surface area contributed by atoms with Gasteiger partial charge in [-0.3, -0.25) is 9.59 Å². The van der Waals surface area contributed by atoms with Crippen LogP contribution in [-0.4, -0.2) is 99.3 Å². The molecule has 1 heterocycles. The molecule has 0 aromatic carbocycles. The summed E-state index contributed by atoms with van der Waals surface area (Å²) in [5.41, 5.74) is 0. The molecule has 0 aromatic rings. The van der Waals surface area contributed by atoms with Gasteiger partial charge in [0.15, 0.2) is 0 Å². The Balaban J connectivity index is 2.12. The topological polar surface area (TPSA) is 62.3 Å². The molecule has 1 fully saturated rings. The number of hydrogen-bond donors (Lipinski definition) is 0. The van der Waals surface area contributed by atoms with Crippen molar-refractivity contribution in [1.82, 2.24) is 14.7 Å². The second-order valence-corrected chi connectivity index (χ2v) is 18.2. The Morgan fingerprint density at radius 1 is 0.435 bits per heavy atom. The van der Waals surface area contributed by atoms with Crippen LogP contribution in [0.2, 0.25) is 0 Å². The predicted octanol–water partition coefficient (Wildman–Crippen LogP) is 14.4. The summed E-state index contributed by atoms with van der Waals surface area (Å²) in [6.07, 6.45) is 55.0. The summed E-state index contributed by atoms with van der Waals surface area (Å²) in [4.78, 5) is 32.5. The molecule has 62 heavy (non-hydrogen) atoms. The van der Waals surface area contributed by atoms with Gasteiger partial charge in [0.2, 0.25) is 0 Å². The second kappa shape index (κ2) is 46.8. The second-order valence-electron chi connectivity index (χ2n) is 18.2. The molecule has 7 nitrogen and oxygen atoms in total. The summed E-state index contributed by atoms with van der Waals surface area (Å²) in [5.74, 6) is -0.0828. The molecule has 1 aliphatic rings. The lowest BCUT2D eigenvalue weighted by atomic mass is 10.1. The molecule has 1 rings (SSSR count). The number of esters is 2. The van der Waals surface area contributed by atoms with E-state index in [9.17, 15) is 9.59 Å². The smallest absolute Gasteiger partial charge is 0.305 e. The third kappa shape index (κ3) is 41.8. The van der Waals surface area contributed by atoms with Crippen molar-refractivity contribution in [1.29, 1.82) is 0 Å². The monoisotopic (exact) mass is 868 g/mol. The van der Waals surface area contributed by atoms with Crippen molar-refractivity contribution in [2.45, 2.75) is 219 Å². The molecule has 1 saturated heterocycles. The summed E-state index contributed by atoms with van der Waals surface area (Å²) in [7, 11) is 2.22. The summed E-state index contributed by atoms with van der Waals surface area (Å²) in [6.45, 7) is 14.6. The summed E-state index contributed by atoms with van der Waals surface area (Å²) in [5, 5.41) is 0. The first kappa shape index (κ1) is 57.8. The van der Waals surface area contributed by atoms with Crippen molar-refractivity contribution in [3.8, 4) is 0 Å². The van der Waals surface area contributed by atoms with E-state index in [1.54, 1.807) is 0 Å². The fraction of sp³-hybridized carbons (Fsp3) is 0.818. The van der Waals surface area contributed by atoms with Crippen molar-refractivity contribution >= 4 is 11.9 Å². The first-order valence-electron chi connectivity index (χ1n) is 26.6. The molecular weight excluding hydrogens is 767 g/mol. The molecule has 0 atom stereocenters. The van der Waals surface area contributed by atoms with E-state index in [1.807, 2.05) is 0 Å². The lowest BCUT2D eigenvalue weighted by Crippen LogP contribution is -2.44. The molecular formula is C55H101N3O4. The molecule has 0 bridgehead atoms. The number of hydrogen-bond acceptors (Lipinski definition) is 7. The van der Waals surface area contributed by atoms with Crippen molar-refractivity contribution in [3.05, 3.63) is 48.6 Å². The molecule has 0 amide bonds. The predicted molar refractivity (Wildman–Crippen MR) is 268 cm³/mol. The van der Waals surface area contributed by atoms with Gasteiger partial charge in [0.1, 0.15) is 0 Å². The lowest BCUT2D eigenvalue weighted by molar-refractivity contribution is -0.144. The minimum atomic E-state index is -0.0414. The average molecular weight is 868 g/mol. The minimum Gasteiger partial charge on any atom is -0.466 e. The van der Waals surface area contributed by atoms with Gasteiger partial charge in [0, 0.05) is 39.0 Å². The highest BCUT2D eigenvalue weighted by atomic mass is 16.5. The third-order valence-electron chi connectivity index (χ3n) is 12.2. The Morgan fingerprint density at radius 2 is 0.806 bits per heavy atom. The number of nitrogens with zero attached hydrogens (tertiary/aromatic N) is 3. The van der Waals surface area contributed by atoms with Crippen LogP contribution in [0.5, 0.6) is 0 Å². The van der Waals surface area contributed by atoms with E-state index in [0.29, 0.717) is 26.1 Å². The van der Waals surface area contributed by atoms with Crippen LogP contribution in [0.4, 0.5) is 0 Å². The van der Waals surface area contributed by atoms with Crippen LogP contribution in [0.15, 0.2) is 48.6 Å². The van der Waals surface area contributed by atoms with Gasteiger partial charge in [-0.25, -0.2) is 0 Å². The Labute approximate surface area is 385 Å². The van der Waals surface area contributed by atoms with Gasteiger partial charge in [-0.05, 0) is 149 Å². The number of likely N-dealkylation sites (N-methyl/N-ethyl adjacent to an activating group) is 1. The Morgan fingerprint density at radius 3 is 1.23 bits per heavy atom. The van der Waals surface area contributed by atoms with Gasteiger partial charge in [-0.15, -0.1) is 0 Å². The van der Waals surface area contributed by atoms with Crippen molar-refractivity contribution in [2.75, 3.05) is 72.6 Å². The normalized spacial score (nSPS) is 14.2. The first-order valence-corrected chi connectivity index (χ1v) is 26.6. The van der Waals surface area contributed by atoms with Crippen LogP contribution >= 0.6 is 0 Å². The van der Waals surface area contributed by atoms with Crippen LogP contribution in [0, 0.1) is 0 Å². The highest BCUT2D eigenvalue weighted by Gasteiger charge is 2.14. The molecule has 0 aromatic heterocycles. The van der Waals surface area contributed by atoms with E-state index in [1.165, 1.54) is 161 Å². The van der Waals surface area contributed by atoms with E-state index in [-0.39, 0.29) is 11.9 Å². The number of allylic oxidation sites excluding steroid dienone is 8. The number of carbonyl (C=O) groups excluding carboxylic acids is 2. The van der Waals surface area contributed by atoms with E-state index in [4.69, 9.17) is 9.47 Å². The maximum Gasteiger partial charge on any atom is 0.305 e. The fourth-order valence-corrected chi connectivity index (χ4v) is 7.98. The highest BCUT2D eigenvalue weighted by molar-refractivity contribution is 5.69. The third-order valence-corrected chi connectivity index (χ3v) is 12.2. The summed E-state index contributed by atoms with van der Waals surface area (Å²) < 4.78 is 11.2. The van der Waals surface area contributed by atoms with Crippen molar-refractivity contribution in [3.63, 3.8) is 0 Å². The van der Waals surface area contributed by atoms with Crippen molar-refractivity contribution in [2.24, 2.45) is 0 Å². The first-order chi connectivity index (χ1) is 30.5. The SMILES string of the molecule is CCCCC/C=C\C/C=C\CCCCCCCCOC(=O)CCCCN(CCCCC(=O)OCCCCCCCC/C=C\C/C=C\CCCCC)CCCCN1CCN(C)CC1. The summed E-state index contributed by atoms with van der Waals surface area (Å²) in [6, 6.07) is 0. The lowest BCUT2D eigenvalue weighted by Gasteiger charge is -2.32. The number of carbonyl (C=O) groups is 2. The van der Waals surface area contributed by atoms with Gasteiger partial charge in [-0.1, -0.05) is 140 Å². The Bertz CT molecular complexity index is 1030. The van der Waals surface area contributed by atoms with Crippen LogP contribution in [0.3, 0.4) is 0 Å². The van der Waals surface area contributed by atoms with Crippen LogP contribution in [-0.2, 0) is 19.1 Å². The molecule has 0 radical (unpaired) electrons. The molecule has 0 saturated carbocycles. The largest absolute Gasteiger partial charge is 0.466 e. The van der Waals surface area contributed by atoms with Gasteiger partial charge in [0.25, 0.3) is 0 Å². The van der Waals surface area contributed by atoms with Crippen LogP contribution in [0.25, 0.3) is 0 Å². The van der Waals surface area contributed by atoms with E-state index < -0.39 is 0 Å². The van der Waals surface area contributed by atoms with Gasteiger partial charge < -0.3 is 24.2 Å². The fourth-order valence-electron chi connectivity index (χ4n) is 7.98. The molecule has 1 aliphatic heterocycles. The van der Waals surface area contributed by atoms with Gasteiger partial charge >= 0.3 is 11.9 Å². The number of piperazine rings is 1. The average Bonchev–Trinajstić information content (AvgIpc) is 3.27. The van der Waals surface area contributed by atoms with E-state index in [2.05, 4.69) is 84.2 Å². The van der Waals surface area contributed by atoms with Crippen molar-refractivity contribution < 1.29 is 19.1 Å². The van der Waals surface area contributed by atoms with Gasteiger partial charge in [0.05, 0.1) is 13.2 Å². The zero-order valence-electron chi connectivity index (χ0n) is 41.3. The molecule has 0 unspecified atom stereocenters. The maximum atomic E-state index is 12.4. The minimum absolute atomic E-state index is 0.0414. The number of rotatable bonds is 45. The van der Waals surface area contributed by atoms with E-state index in [0.717, 1.165) is 83.8 Å². The standard InChI is InChI=1S/C55H101N3O4/c1-4-6-8-10-12-14-16-18-20-22-24-26-28-30-32-40-52-61-54(59)42-34-36-44-57(46-38-39-47-58-50-48-56(3)49-51-58)45-37-35-43-55(60)62-53-41-33-31-29-27-25-23-21-19-17-15-13-11-9-7-5-2/h12-15,18-21H,4-11,16-17,22-53H2,1-3H3/b14-12-,15-13-,20-18-,21-19-. The highest BCUT2D eigenvalue weighted by Crippen LogP contribution is 2.12. The Kier molecular flexibility index (Phi) is 43.6. The molecule has 360 valence electrons. The molecule has 0 aliphatic carbocycles. The summed E-state index contributed by atoms with van der Waals surface area (Å²) >= 11 is 0. The molecule has 0 spiro atoms. The Hall–Kier alpha value is -2.22. The van der Waals surface area contributed by atoms with Crippen LogP contribution < -0.4 is 0 Å². The quantitative estimate of drug-likeness (QED) is 0.0343. The zero-order valence-corrected chi connectivity index (χ0v) is 41.3. The zero-order chi connectivity index (χ0) is 44.7. The number of unbranched alkanes of at least 4 members (excludes halogenated alkanes) is 21.